The van der Waals surface area contributed by atoms with Crippen molar-refractivity contribution in [3.8, 4) is 0 Å². The second-order valence-electron chi connectivity index (χ2n) is 6.20. The zero-order valence-electron chi connectivity index (χ0n) is 13.1. The molecule has 0 atom stereocenters. The molecule has 1 aromatic carbocycles. The highest BCUT2D eigenvalue weighted by Gasteiger charge is 2.19. The van der Waals surface area contributed by atoms with E-state index < -0.39 is 0 Å². The molecule has 0 fully saturated rings. The molecule has 3 nitrogen and oxygen atoms in total. The summed E-state index contributed by atoms with van der Waals surface area (Å²) in [5.41, 5.74) is 6.38. The predicted molar refractivity (Wildman–Crippen MR) is 85.5 cm³/mol. The fourth-order valence-electron chi connectivity index (χ4n) is 3.00. The van der Waals surface area contributed by atoms with Crippen molar-refractivity contribution in [3.05, 3.63) is 58.2 Å². The minimum Gasteiger partial charge on any atom is -0.311 e. The summed E-state index contributed by atoms with van der Waals surface area (Å²) in [5.74, 6) is 1.41. The predicted octanol–water partition coefficient (Wildman–Crippen LogP) is 3.14. The molecule has 0 radical (unpaired) electrons. The molecule has 0 saturated carbocycles. The van der Waals surface area contributed by atoms with Gasteiger partial charge in [0.05, 0.1) is 11.4 Å². The average molecular weight is 281 g/mol. The summed E-state index contributed by atoms with van der Waals surface area (Å²) in [6.45, 7) is 8.48. The lowest BCUT2D eigenvalue weighted by molar-refractivity contribution is 0.601. The largest absolute Gasteiger partial charge is 0.311 e. The van der Waals surface area contributed by atoms with E-state index in [2.05, 4.69) is 50.4 Å². The standard InChI is InChI=1S/C18H23N3/c1-12(2)18-15-7-8-19-11-16(15)20-17(21-18)10-14-6-4-5-13(3)9-14/h4-6,9,12,19H,7-8,10-11H2,1-3H3. The number of nitrogens with zero attached hydrogens (tertiary/aromatic N) is 2. The molecule has 0 bridgehead atoms. The third kappa shape index (κ3) is 3.13. The number of nitrogens with one attached hydrogen (secondary N) is 1. The number of rotatable bonds is 3. The molecular weight excluding hydrogens is 258 g/mol. The topological polar surface area (TPSA) is 37.8 Å². The van der Waals surface area contributed by atoms with Gasteiger partial charge in [-0.2, -0.15) is 0 Å². The first-order valence-electron chi connectivity index (χ1n) is 7.78. The zero-order chi connectivity index (χ0) is 14.8. The average Bonchev–Trinajstić information content (AvgIpc) is 2.46. The van der Waals surface area contributed by atoms with Gasteiger partial charge in [-0.15, -0.1) is 0 Å². The highest BCUT2D eigenvalue weighted by Crippen LogP contribution is 2.23. The van der Waals surface area contributed by atoms with Crippen LogP contribution in [0.2, 0.25) is 0 Å². The van der Waals surface area contributed by atoms with Crippen molar-refractivity contribution >= 4 is 0 Å². The molecule has 1 aromatic heterocycles. The van der Waals surface area contributed by atoms with Gasteiger partial charge in [0.15, 0.2) is 0 Å². The molecule has 1 aliphatic heterocycles. The Morgan fingerprint density at radius 1 is 1.24 bits per heavy atom. The van der Waals surface area contributed by atoms with E-state index in [9.17, 15) is 0 Å². The van der Waals surface area contributed by atoms with Gasteiger partial charge >= 0.3 is 0 Å². The number of aryl methyl sites for hydroxylation is 1. The van der Waals surface area contributed by atoms with Crippen LogP contribution < -0.4 is 5.32 Å². The molecule has 3 heteroatoms. The second kappa shape index (κ2) is 5.94. The molecule has 0 amide bonds. The van der Waals surface area contributed by atoms with E-state index in [0.29, 0.717) is 5.92 Å². The summed E-state index contributed by atoms with van der Waals surface area (Å²) in [5, 5.41) is 3.42. The van der Waals surface area contributed by atoms with Crippen LogP contribution >= 0.6 is 0 Å². The van der Waals surface area contributed by atoms with E-state index in [1.807, 2.05) is 0 Å². The Balaban J connectivity index is 1.97. The fraction of sp³-hybridized carbons (Fsp3) is 0.444. The number of fused-ring (bicyclic) bond motifs is 1. The lowest BCUT2D eigenvalue weighted by Crippen LogP contribution is -2.27. The van der Waals surface area contributed by atoms with Crippen LogP contribution in [0.4, 0.5) is 0 Å². The smallest absolute Gasteiger partial charge is 0.133 e. The normalized spacial score (nSPS) is 14.3. The summed E-state index contributed by atoms with van der Waals surface area (Å²) >= 11 is 0. The number of aromatic nitrogens is 2. The Morgan fingerprint density at radius 3 is 2.86 bits per heavy atom. The van der Waals surface area contributed by atoms with Crippen molar-refractivity contribution in [2.75, 3.05) is 6.54 Å². The number of hydrogen-bond donors (Lipinski definition) is 1. The molecular formula is C18H23N3. The van der Waals surface area contributed by atoms with Gasteiger partial charge in [0.2, 0.25) is 0 Å². The van der Waals surface area contributed by atoms with E-state index in [1.165, 1.54) is 28.1 Å². The van der Waals surface area contributed by atoms with Crippen LogP contribution in [-0.4, -0.2) is 16.5 Å². The minimum atomic E-state index is 0.455. The molecule has 21 heavy (non-hydrogen) atoms. The van der Waals surface area contributed by atoms with Crippen molar-refractivity contribution in [2.45, 2.75) is 46.1 Å². The van der Waals surface area contributed by atoms with Crippen LogP contribution in [0.15, 0.2) is 24.3 Å². The lowest BCUT2D eigenvalue weighted by Gasteiger charge is -2.21. The molecule has 3 rings (SSSR count). The van der Waals surface area contributed by atoms with E-state index in [4.69, 9.17) is 9.97 Å². The SMILES string of the molecule is Cc1cccc(Cc2nc3c(c(C(C)C)n2)CCNC3)c1. The van der Waals surface area contributed by atoms with E-state index in [-0.39, 0.29) is 0 Å². The molecule has 0 unspecified atom stereocenters. The van der Waals surface area contributed by atoms with Gasteiger partial charge in [-0.25, -0.2) is 9.97 Å². The van der Waals surface area contributed by atoms with Gasteiger partial charge in [0.1, 0.15) is 5.82 Å². The van der Waals surface area contributed by atoms with Gasteiger partial charge in [0, 0.05) is 13.0 Å². The van der Waals surface area contributed by atoms with E-state index in [1.54, 1.807) is 0 Å². The van der Waals surface area contributed by atoms with Gasteiger partial charge in [-0.05, 0) is 36.9 Å². The van der Waals surface area contributed by atoms with Crippen molar-refractivity contribution in [1.82, 2.24) is 15.3 Å². The van der Waals surface area contributed by atoms with Crippen molar-refractivity contribution in [1.29, 1.82) is 0 Å². The Morgan fingerprint density at radius 2 is 2.10 bits per heavy atom. The van der Waals surface area contributed by atoms with Gasteiger partial charge in [-0.3, -0.25) is 0 Å². The van der Waals surface area contributed by atoms with Gasteiger partial charge < -0.3 is 5.32 Å². The zero-order valence-corrected chi connectivity index (χ0v) is 13.1. The summed E-state index contributed by atoms with van der Waals surface area (Å²) in [6, 6.07) is 8.61. The molecule has 2 heterocycles. The van der Waals surface area contributed by atoms with Crippen LogP contribution in [-0.2, 0) is 19.4 Å². The summed E-state index contributed by atoms with van der Waals surface area (Å²) in [7, 11) is 0. The third-order valence-electron chi connectivity index (χ3n) is 4.01. The first-order chi connectivity index (χ1) is 10.1. The van der Waals surface area contributed by atoms with Crippen molar-refractivity contribution < 1.29 is 0 Å². The highest BCUT2D eigenvalue weighted by molar-refractivity contribution is 5.32. The summed E-state index contributed by atoms with van der Waals surface area (Å²) < 4.78 is 0. The highest BCUT2D eigenvalue weighted by atomic mass is 15.0. The number of hydrogen-bond acceptors (Lipinski definition) is 3. The fourth-order valence-corrected chi connectivity index (χ4v) is 3.00. The molecule has 0 aliphatic carbocycles. The van der Waals surface area contributed by atoms with Crippen LogP contribution in [0.25, 0.3) is 0 Å². The van der Waals surface area contributed by atoms with Crippen molar-refractivity contribution in [3.63, 3.8) is 0 Å². The van der Waals surface area contributed by atoms with Crippen LogP contribution in [0.1, 0.15) is 53.7 Å². The maximum atomic E-state index is 4.87. The molecule has 1 aliphatic rings. The minimum absolute atomic E-state index is 0.455. The van der Waals surface area contributed by atoms with Crippen LogP contribution in [0.5, 0.6) is 0 Å². The molecule has 0 spiro atoms. The quantitative estimate of drug-likeness (QED) is 0.939. The first-order valence-corrected chi connectivity index (χ1v) is 7.78. The first kappa shape index (κ1) is 14.2. The number of benzene rings is 1. The van der Waals surface area contributed by atoms with E-state index >= 15 is 0 Å². The van der Waals surface area contributed by atoms with Gasteiger partial charge in [-0.1, -0.05) is 43.7 Å². The van der Waals surface area contributed by atoms with Crippen LogP contribution in [0.3, 0.4) is 0 Å². The molecule has 1 N–H and O–H groups in total. The van der Waals surface area contributed by atoms with Crippen molar-refractivity contribution in [2.24, 2.45) is 0 Å². The monoisotopic (exact) mass is 281 g/mol. The Bertz CT molecular complexity index is 647. The van der Waals surface area contributed by atoms with Crippen LogP contribution in [0, 0.1) is 6.92 Å². The summed E-state index contributed by atoms with van der Waals surface area (Å²) in [4.78, 5) is 9.68. The molecule has 2 aromatic rings. The maximum Gasteiger partial charge on any atom is 0.133 e. The van der Waals surface area contributed by atoms with E-state index in [0.717, 1.165) is 31.8 Å². The Hall–Kier alpha value is -1.74. The van der Waals surface area contributed by atoms with Gasteiger partial charge in [0.25, 0.3) is 0 Å². The maximum absolute atomic E-state index is 4.87. The Labute approximate surface area is 126 Å². The summed E-state index contributed by atoms with van der Waals surface area (Å²) in [6.07, 6.45) is 1.86. The second-order valence-corrected chi connectivity index (χ2v) is 6.20. The lowest BCUT2D eigenvalue weighted by atomic mass is 9.97. The third-order valence-corrected chi connectivity index (χ3v) is 4.01. The Kier molecular flexibility index (Phi) is 4.02. The molecule has 110 valence electrons. The molecule has 0 saturated heterocycles.